The van der Waals surface area contributed by atoms with Crippen molar-refractivity contribution in [1.29, 1.82) is 0 Å². The molecule has 0 amide bonds. The lowest BCUT2D eigenvalue weighted by Gasteiger charge is -2.08. The molecule has 0 saturated carbocycles. The first-order valence-corrected chi connectivity index (χ1v) is 6.79. The number of nitrogens with zero attached hydrogens (tertiary/aromatic N) is 2. The SMILES string of the molecule is Nc1nc2cc(F)c(Br)cc2n1Cc1cc(F)ccc1F. The van der Waals surface area contributed by atoms with Gasteiger partial charge in [-0.1, -0.05) is 0 Å². The Kier molecular flexibility index (Phi) is 3.36. The van der Waals surface area contributed by atoms with Gasteiger partial charge in [0.05, 0.1) is 22.1 Å². The van der Waals surface area contributed by atoms with E-state index in [4.69, 9.17) is 5.73 Å². The third-order valence-corrected chi connectivity index (χ3v) is 3.76. The number of rotatable bonds is 2. The number of anilines is 1. The van der Waals surface area contributed by atoms with Crippen molar-refractivity contribution in [2.75, 3.05) is 5.73 Å². The van der Waals surface area contributed by atoms with Gasteiger partial charge >= 0.3 is 0 Å². The van der Waals surface area contributed by atoms with Gasteiger partial charge in [0.15, 0.2) is 0 Å². The van der Waals surface area contributed by atoms with Crippen LogP contribution >= 0.6 is 15.9 Å². The summed E-state index contributed by atoms with van der Waals surface area (Å²) in [7, 11) is 0. The summed E-state index contributed by atoms with van der Waals surface area (Å²) in [6, 6.07) is 5.92. The summed E-state index contributed by atoms with van der Waals surface area (Å²) in [4.78, 5) is 4.03. The quantitative estimate of drug-likeness (QED) is 0.758. The number of halogens is 4. The van der Waals surface area contributed by atoms with Crippen LogP contribution in [0.3, 0.4) is 0 Å². The maximum absolute atomic E-state index is 13.7. The smallest absolute Gasteiger partial charge is 0.201 e. The number of fused-ring (bicyclic) bond motifs is 1. The van der Waals surface area contributed by atoms with E-state index in [0.717, 1.165) is 18.2 Å². The molecule has 3 rings (SSSR count). The molecule has 2 N–H and O–H groups in total. The van der Waals surface area contributed by atoms with Crippen molar-refractivity contribution < 1.29 is 13.2 Å². The summed E-state index contributed by atoms with van der Waals surface area (Å²) >= 11 is 3.08. The Morgan fingerprint density at radius 1 is 1.10 bits per heavy atom. The Hall–Kier alpha value is -2.02. The third kappa shape index (κ3) is 2.49. The van der Waals surface area contributed by atoms with Gasteiger partial charge in [0.2, 0.25) is 5.95 Å². The fourth-order valence-corrected chi connectivity index (χ4v) is 2.47. The second kappa shape index (κ2) is 5.07. The maximum Gasteiger partial charge on any atom is 0.201 e. The average Bonchev–Trinajstić information content (AvgIpc) is 2.71. The molecule has 0 spiro atoms. The third-order valence-electron chi connectivity index (χ3n) is 3.16. The fourth-order valence-electron chi connectivity index (χ4n) is 2.14. The number of benzene rings is 2. The van der Waals surface area contributed by atoms with Crippen LogP contribution in [-0.2, 0) is 6.54 Å². The summed E-state index contributed by atoms with van der Waals surface area (Å²) in [6.45, 7) is 0.00397. The van der Waals surface area contributed by atoms with E-state index in [2.05, 4.69) is 20.9 Å². The molecule has 21 heavy (non-hydrogen) atoms. The van der Waals surface area contributed by atoms with E-state index in [-0.39, 0.29) is 22.5 Å². The molecule has 0 fully saturated rings. The normalized spacial score (nSPS) is 11.2. The second-order valence-electron chi connectivity index (χ2n) is 4.55. The molecule has 0 unspecified atom stereocenters. The molecule has 1 aromatic heterocycles. The topological polar surface area (TPSA) is 43.8 Å². The predicted octanol–water partition coefficient (Wildman–Crippen LogP) is 3.85. The minimum Gasteiger partial charge on any atom is -0.369 e. The Morgan fingerprint density at radius 3 is 2.62 bits per heavy atom. The van der Waals surface area contributed by atoms with Crippen LogP contribution in [-0.4, -0.2) is 9.55 Å². The van der Waals surface area contributed by atoms with Crippen molar-refractivity contribution in [3.05, 3.63) is 57.8 Å². The fraction of sp³-hybridized carbons (Fsp3) is 0.0714. The van der Waals surface area contributed by atoms with Crippen molar-refractivity contribution >= 4 is 32.9 Å². The lowest BCUT2D eigenvalue weighted by atomic mass is 10.2. The van der Waals surface area contributed by atoms with E-state index in [1.54, 1.807) is 0 Å². The lowest BCUT2D eigenvalue weighted by Crippen LogP contribution is -2.06. The molecule has 0 aliphatic heterocycles. The number of nitrogens with two attached hydrogens (primary N) is 1. The van der Waals surface area contributed by atoms with Crippen molar-refractivity contribution in [1.82, 2.24) is 9.55 Å². The van der Waals surface area contributed by atoms with Gasteiger partial charge in [0, 0.05) is 11.6 Å². The van der Waals surface area contributed by atoms with Crippen molar-refractivity contribution in [3.8, 4) is 0 Å². The van der Waals surface area contributed by atoms with Gasteiger partial charge in [-0.05, 0) is 40.2 Å². The van der Waals surface area contributed by atoms with Gasteiger partial charge in [0.25, 0.3) is 0 Å². The van der Waals surface area contributed by atoms with E-state index >= 15 is 0 Å². The van der Waals surface area contributed by atoms with Gasteiger partial charge in [-0.25, -0.2) is 18.2 Å². The van der Waals surface area contributed by atoms with Gasteiger partial charge in [-0.2, -0.15) is 0 Å². The largest absolute Gasteiger partial charge is 0.369 e. The molecular formula is C14H9BrF3N3. The van der Waals surface area contributed by atoms with Crippen LogP contribution in [0.15, 0.2) is 34.8 Å². The molecular weight excluding hydrogens is 347 g/mol. The molecule has 0 atom stereocenters. The first kappa shape index (κ1) is 13.9. The number of hydrogen-bond acceptors (Lipinski definition) is 2. The summed E-state index contributed by atoms with van der Waals surface area (Å²) in [6.07, 6.45) is 0. The Morgan fingerprint density at radius 2 is 1.86 bits per heavy atom. The van der Waals surface area contributed by atoms with Crippen LogP contribution in [0.25, 0.3) is 11.0 Å². The second-order valence-corrected chi connectivity index (χ2v) is 5.40. The van der Waals surface area contributed by atoms with E-state index in [1.165, 1.54) is 16.7 Å². The van der Waals surface area contributed by atoms with Gasteiger partial charge < -0.3 is 10.3 Å². The molecule has 7 heteroatoms. The van der Waals surface area contributed by atoms with Gasteiger partial charge in [-0.15, -0.1) is 0 Å². The number of aromatic nitrogens is 2. The minimum atomic E-state index is -0.543. The van der Waals surface area contributed by atoms with Crippen molar-refractivity contribution in [2.24, 2.45) is 0 Å². The number of nitrogen functional groups attached to an aromatic ring is 1. The molecule has 0 radical (unpaired) electrons. The molecule has 3 nitrogen and oxygen atoms in total. The van der Waals surface area contributed by atoms with Crippen molar-refractivity contribution in [3.63, 3.8) is 0 Å². The monoisotopic (exact) mass is 355 g/mol. The molecule has 1 heterocycles. The molecule has 108 valence electrons. The highest BCUT2D eigenvalue weighted by molar-refractivity contribution is 9.10. The summed E-state index contributed by atoms with van der Waals surface area (Å²) in [5.74, 6) is -1.45. The molecule has 0 aliphatic rings. The van der Waals surface area contributed by atoms with Crippen LogP contribution in [0, 0.1) is 17.5 Å². The molecule has 0 bridgehead atoms. The Balaban J connectivity index is 2.14. The molecule has 0 saturated heterocycles. The van der Waals surface area contributed by atoms with E-state index < -0.39 is 17.5 Å². The first-order valence-electron chi connectivity index (χ1n) is 6.00. The predicted molar refractivity (Wildman–Crippen MR) is 77.3 cm³/mol. The Bertz CT molecular complexity index is 845. The van der Waals surface area contributed by atoms with Gasteiger partial charge in [0.1, 0.15) is 17.5 Å². The molecule has 2 aromatic carbocycles. The molecule has 0 aliphatic carbocycles. The number of hydrogen-bond donors (Lipinski definition) is 1. The summed E-state index contributed by atoms with van der Waals surface area (Å²) in [5, 5.41) is 0. The highest BCUT2D eigenvalue weighted by Gasteiger charge is 2.14. The van der Waals surface area contributed by atoms with Crippen LogP contribution in [0.4, 0.5) is 19.1 Å². The van der Waals surface area contributed by atoms with E-state index in [0.29, 0.717) is 11.0 Å². The highest BCUT2D eigenvalue weighted by Crippen LogP contribution is 2.26. The summed E-state index contributed by atoms with van der Waals surface area (Å²) < 4.78 is 42.2. The van der Waals surface area contributed by atoms with Crippen LogP contribution in [0.1, 0.15) is 5.56 Å². The van der Waals surface area contributed by atoms with E-state index in [1.807, 2.05) is 0 Å². The van der Waals surface area contributed by atoms with Gasteiger partial charge in [-0.3, -0.25) is 0 Å². The van der Waals surface area contributed by atoms with Crippen LogP contribution in [0.2, 0.25) is 0 Å². The maximum atomic E-state index is 13.7. The summed E-state index contributed by atoms with van der Waals surface area (Å²) in [5.41, 5.74) is 6.81. The zero-order valence-electron chi connectivity index (χ0n) is 10.6. The number of imidazole rings is 1. The lowest BCUT2D eigenvalue weighted by molar-refractivity contribution is 0.579. The van der Waals surface area contributed by atoms with Crippen LogP contribution < -0.4 is 5.73 Å². The zero-order valence-corrected chi connectivity index (χ0v) is 12.2. The average molecular weight is 356 g/mol. The first-order chi connectivity index (χ1) is 9.95. The standard InChI is InChI=1S/C14H9BrF3N3/c15-9-4-13-12(5-11(9)18)20-14(19)21(13)6-7-3-8(16)1-2-10(7)17/h1-5H,6H2,(H2,19,20). The van der Waals surface area contributed by atoms with E-state index in [9.17, 15) is 13.2 Å². The van der Waals surface area contributed by atoms with Crippen molar-refractivity contribution in [2.45, 2.75) is 6.54 Å². The molecule has 3 aromatic rings. The Labute approximate surface area is 126 Å². The highest BCUT2D eigenvalue weighted by atomic mass is 79.9. The zero-order chi connectivity index (χ0) is 15.1. The minimum absolute atomic E-state index is 0.00397. The van der Waals surface area contributed by atoms with Crippen LogP contribution in [0.5, 0.6) is 0 Å².